The molecule has 1 saturated carbocycles. The standard InChI is InChI=1S/C14H26N2OS/c1-3-8-16-14(12-15)7-4-6-13(11-14)18-10-5-9-17-2/h13,16H,3-11H2,1-2H3. The van der Waals surface area contributed by atoms with Gasteiger partial charge in [-0.1, -0.05) is 6.92 Å². The fraction of sp³-hybridized carbons (Fsp3) is 0.929. The second-order valence-corrected chi connectivity index (χ2v) is 6.46. The summed E-state index contributed by atoms with van der Waals surface area (Å²) in [6, 6.07) is 2.53. The Labute approximate surface area is 116 Å². The van der Waals surface area contributed by atoms with Crippen LogP contribution in [0.15, 0.2) is 0 Å². The van der Waals surface area contributed by atoms with Gasteiger partial charge in [-0.2, -0.15) is 17.0 Å². The van der Waals surface area contributed by atoms with Crippen molar-refractivity contribution >= 4 is 11.8 Å². The second-order valence-electron chi connectivity index (χ2n) is 5.06. The minimum absolute atomic E-state index is 0.257. The van der Waals surface area contributed by atoms with Gasteiger partial charge in [0.25, 0.3) is 0 Å². The largest absolute Gasteiger partial charge is 0.385 e. The Morgan fingerprint density at radius 2 is 2.39 bits per heavy atom. The third-order valence-electron chi connectivity index (χ3n) is 3.48. The molecule has 0 bridgehead atoms. The summed E-state index contributed by atoms with van der Waals surface area (Å²) >= 11 is 2.02. The van der Waals surface area contributed by atoms with Gasteiger partial charge in [0, 0.05) is 19.0 Å². The van der Waals surface area contributed by atoms with Crippen molar-refractivity contribution in [2.24, 2.45) is 0 Å². The average Bonchev–Trinajstić information content (AvgIpc) is 2.42. The topological polar surface area (TPSA) is 45.0 Å². The summed E-state index contributed by atoms with van der Waals surface area (Å²) in [4.78, 5) is 0. The van der Waals surface area contributed by atoms with Crippen molar-refractivity contribution in [3.05, 3.63) is 0 Å². The first kappa shape index (κ1) is 15.8. The quantitative estimate of drug-likeness (QED) is 0.689. The van der Waals surface area contributed by atoms with Crippen LogP contribution in [0.1, 0.15) is 45.4 Å². The number of nitrogens with zero attached hydrogens (tertiary/aromatic N) is 1. The number of rotatable bonds is 8. The molecule has 0 spiro atoms. The minimum Gasteiger partial charge on any atom is -0.385 e. The van der Waals surface area contributed by atoms with Crippen molar-refractivity contribution in [1.29, 1.82) is 5.26 Å². The summed E-state index contributed by atoms with van der Waals surface area (Å²) < 4.78 is 5.07. The van der Waals surface area contributed by atoms with Gasteiger partial charge in [0.05, 0.1) is 6.07 Å². The van der Waals surface area contributed by atoms with E-state index in [0.717, 1.165) is 44.6 Å². The van der Waals surface area contributed by atoms with Gasteiger partial charge >= 0.3 is 0 Å². The lowest BCUT2D eigenvalue weighted by atomic mass is 9.82. The molecule has 0 heterocycles. The molecule has 0 aromatic rings. The number of hydrogen-bond acceptors (Lipinski definition) is 4. The summed E-state index contributed by atoms with van der Waals surface area (Å²) in [5.41, 5.74) is -0.257. The van der Waals surface area contributed by atoms with Crippen LogP contribution in [0.2, 0.25) is 0 Å². The maximum Gasteiger partial charge on any atom is 0.107 e. The van der Waals surface area contributed by atoms with Gasteiger partial charge in [0.1, 0.15) is 5.54 Å². The SMILES string of the molecule is CCCNC1(C#N)CCCC(SCCCOC)C1. The summed E-state index contributed by atoms with van der Waals surface area (Å²) in [6.45, 7) is 3.95. The zero-order valence-electron chi connectivity index (χ0n) is 11.7. The van der Waals surface area contributed by atoms with Crippen LogP contribution in [0, 0.1) is 11.3 Å². The smallest absolute Gasteiger partial charge is 0.107 e. The van der Waals surface area contributed by atoms with Crippen molar-refractivity contribution < 1.29 is 4.74 Å². The fourth-order valence-electron chi connectivity index (χ4n) is 2.49. The second kappa shape index (κ2) is 8.79. The number of ether oxygens (including phenoxy) is 1. The summed E-state index contributed by atoms with van der Waals surface area (Å²) in [7, 11) is 1.75. The van der Waals surface area contributed by atoms with E-state index in [4.69, 9.17) is 4.74 Å². The van der Waals surface area contributed by atoms with Gasteiger partial charge < -0.3 is 4.74 Å². The summed E-state index contributed by atoms with van der Waals surface area (Å²) in [5.74, 6) is 1.15. The Morgan fingerprint density at radius 3 is 3.06 bits per heavy atom. The van der Waals surface area contributed by atoms with E-state index >= 15 is 0 Å². The van der Waals surface area contributed by atoms with Gasteiger partial charge in [-0.25, -0.2) is 0 Å². The average molecular weight is 270 g/mol. The number of methoxy groups -OCH3 is 1. The fourth-order valence-corrected chi connectivity index (χ4v) is 3.84. The molecule has 1 aliphatic rings. The molecule has 0 aromatic heterocycles. The Hall–Kier alpha value is -0.240. The van der Waals surface area contributed by atoms with E-state index in [1.54, 1.807) is 7.11 Å². The molecule has 1 fully saturated rings. The Balaban J connectivity index is 2.36. The van der Waals surface area contributed by atoms with E-state index in [2.05, 4.69) is 18.3 Å². The first-order chi connectivity index (χ1) is 8.76. The third-order valence-corrected chi connectivity index (χ3v) is 4.88. The van der Waals surface area contributed by atoms with E-state index in [9.17, 15) is 5.26 Å². The van der Waals surface area contributed by atoms with Crippen LogP contribution in [0.25, 0.3) is 0 Å². The molecular formula is C14H26N2OS. The van der Waals surface area contributed by atoms with E-state index in [-0.39, 0.29) is 5.54 Å². The highest BCUT2D eigenvalue weighted by Gasteiger charge is 2.35. The molecule has 0 saturated heterocycles. The van der Waals surface area contributed by atoms with Crippen LogP contribution in [-0.4, -0.2) is 36.8 Å². The lowest BCUT2D eigenvalue weighted by Gasteiger charge is -2.36. The molecule has 3 nitrogen and oxygen atoms in total. The molecule has 1 aliphatic carbocycles. The first-order valence-corrected chi connectivity index (χ1v) is 8.08. The lowest BCUT2D eigenvalue weighted by Crippen LogP contribution is -2.48. The molecule has 0 amide bonds. The highest BCUT2D eigenvalue weighted by Crippen LogP contribution is 2.35. The highest BCUT2D eigenvalue weighted by atomic mass is 32.2. The first-order valence-electron chi connectivity index (χ1n) is 7.03. The Kier molecular flexibility index (Phi) is 7.73. The highest BCUT2D eigenvalue weighted by molar-refractivity contribution is 7.99. The van der Waals surface area contributed by atoms with Gasteiger partial charge in [0.15, 0.2) is 0 Å². The molecule has 0 radical (unpaired) electrons. The van der Waals surface area contributed by atoms with Crippen LogP contribution >= 0.6 is 11.8 Å². The maximum atomic E-state index is 9.45. The molecule has 4 heteroatoms. The minimum atomic E-state index is -0.257. The summed E-state index contributed by atoms with van der Waals surface area (Å²) in [6.07, 6.45) is 6.65. The lowest BCUT2D eigenvalue weighted by molar-refractivity contribution is 0.200. The molecule has 2 unspecified atom stereocenters. The molecular weight excluding hydrogens is 244 g/mol. The monoisotopic (exact) mass is 270 g/mol. The molecule has 1 rings (SSSR count). The number of thioether (sulfide) groups is 1. The van der Waals surface area contributed by atoms with E-state index < -0.39 is 0 Å². The van der Waals surface area contributed by atoms with E-state index in [0.29, 0.717) is 5.25 Å². The Bertz CT molecular complexity index is 267. The van der Waals surface area contributed by atoms with Gasteiger partial charge in [-0.05, 0) is 50.8 Å². The molecule has 18 heavy (non-hydrogen) atoms. The molecule has 104 valence electrons. The predicted molar refractivity (Wildman–Crippen MR) is 77.8 cm³/mol. The zero-order chi connectivity index (χ0) is 13.3. The zero-order valence-corrected chi connectivity index (χ0v) is 12.5. The van der Waals surface area contributed by atoms with Crippen molar-refractivity contribution in [2.75, 3.05) is 26.0 Å². The Morgan fingerprint density at radius 1 is 1.56 bits per heavy atom. The van der Waals surface area contributed by atoms with Crippen LogP contribution < -0.4 is 5.32 Å². The van der Waals surface area contributed by atoms with Crippen molar-refractivity contribution in [3.8, 4) is 6.07 Å². The number of hydrogen-bond donors (Lipinski definition) is 1. The molecule has 2 atom stereocenters. The molecule has 1 N–H and O–H groups in total. The van der Waals surface area contributed by atoms with Crippen LogP contribution in [0.4, 0.5) is 0 Å². The normalized spacial score (nSPS) is 27.9. The number of nitrogens with one attached hydrogen (secondary N) is 1. The van der Waals surface area contributed by atoms with E-state index in [1.807, 2.05) is 11.8 Å². The van der Waals surface area contributed by atoms with Gasteiger partial charge in [0.2, 0.25) is 0 Å². The van der Waals surface area contributed by atoms with Crippen molar-refractivity contribution in [1.82, 2.24) is 5.32 Å². The van der Waals surface area contributed by atoms with Crippen LogP contribution in [0.5, 0.6) is 0 Å². The summed E-state index contributed by atoms with van der Waals surface area (Å²) in [5, 5.41) is 13.6. The van der Waals surface area contributed by atoms with Crippen molar-refractivity contribution in [3.63, 3.8) is 0 Å². The maximum absolute atomic E-state index is 9.45. The molecule has 0 aromatic carbocycles. The van der Waals surface area contributed by atoms with Gasteiger partial charge in [-0.3, -0.25) is 5.32 Å². The number of nitriles is 1. The third kappa shape index (κ3) is 5.17. The van der Waals surface area contributed by atoms with Crippen LogP contribution in [0.3, 0.4) is 0 Å². The van der Waals surface area contributed by atoms with Crippen molar-refractivity contribution in [2.45, 2.75) is 56.2 Å². The van der Waals surface area contributed by atoms with Crippen LogP contribution in [-0.2, 0) is 4.74 Å². The van der Waals surface area contributed by atoms with Gasteiger partial charge in [-0.15, -0.1) is 0 Å². The predicted octanol–water partition coefficient (Wildman–Crippen LogP) is 2.96. The molecule has 0 aliphatic heterocycles. The van der Waals surface area contributed by atoms with E-state index in [1.165, 1.54) is 12.8 Å².